The highest BCUT2D eigenvalue weighted by Gasteiger charge is 2.35. The number of carbonyl (C=O) groups is 3. The fourth-order valence-electron chi connectivity index (χ4n) is 2.55. The fraction of sp³-hybridized carbons (Fsp3) is 0.800. The first-order valence-electron chi connectivity index (χ1n) is 8.15. The molecular weight excluding hydrogens is 284 g/mol. The van der Waals surface area contributed by atoms with Gasteiger partial charge in [0.1, 0.15) is 0 Å². The fourth-order valence-corrected chi connectivity index (χ4v) is 2.55. The van der Waals surface area contributed by atoms with Crippen molar-refractivity contribution in [1.29, 1.82) is 0 Å². The molecule has 3 N–H and O–H groups in total. The maximum absolute atomic E-state index is 11.9. The standard InChI is InChI=1S/C15H26N4O3/c1-11(2)9-16-15(22)17-13(20)10-18-5-7-19(8-6-18)14(21)12-3-4-12/h11-12H,3-10H2,1-2H3,(H2,16,17,20,22)/p+1. The van der Waals surface area contributed by atoms with Crippen LogP contribution in [0, 0.1) is 11.8 Å². The van der Waals surface area contributed by atoms with E-state index in [0.717, 1.165) is 30.8 Å². The lowest BCUT2D eigenvalue weighted by atomic mass is 10.2. The number of hydrogen-bond donors (Lipinski definition) is 3. The van der Waals surface area contributed by atoms with Crippen molar-refractivity contribution in [3.63, 3.8) is 0 Å². The van der Waals surface area contributed by atoms with Crippen molar-refractivity contribution >= 4 is 17.8 Å². The van der Waals surface area contributed by atoms with Gasteiger partial charge in [0.25, 0.3) is 5.91 Å². The number of nitrogens with one attached hydrogen (secondary N) is 3. The molecule has 1 saturated carbocycles. The van der Waals surface area contributed by atoms with Crippen molar-refractivity contribution in [2.24, 2.45) is 11.8 Å². The first kappa shape index (κ1) is 16.7. The van der Waals surface area contributed by atoms with Gasteiger partial charge in [-0.25, -0.2) is 4.79 Å². The number of piperazine rings is 1. The summed E-state index contributed by atoms with van der Waals surface area (Å²) in [5.74, 6) is 0.618. The molecule has 0 aromatic rings. The summed E-state index contributed by atoms with van der Waals surface area (Å²) in [5.41, 5.74) is 0. The zero-order valence-corrected chi connectivity index (χ0v) is 13.5. The van der Waals surface area contributed by atoms with Crippen LogP contribution in [-0.4, -0.2) is 62.0 Å². The number of imide groups is 1. The van der Waals surface area contributed by atoms with E-state index in [1.54, 1.807) is 0 Å². The summed E-state index contributed by atoms with van der Waals surface area (Å²) >= 11 is 0. The molecule has 0 bridgehead atoms. The quantitative estimate of drug-likeness (QED) is 0.584. The third-order valence-electron chi connectivity index (χ3n) is 4.04. The average Bonchev–Trinajstić information content (AvgIpc) is 3.29. The summed E-state index contributed by atoms with van der Waals surface area (Å²) < 4.78 is 0. The van der Waals surface area contributed by atoms with E-state index in [9.17, 15) is 14.4 Å². The Kier molecular flexibility index (Phi) is 5.76. The van der Waals surface area contributed by atoms with Crippen molar-refractivity contribution in [3.05, 3.63) is 0 Å². The summed E-state index contributed by atoms with van der Waals surface area (Å²) in [6, 6.07) is -0.430. The van der Waals surface area contributed by atoms with E-state index in [4.69, 9.17) is 0 Å². The minimum Gasteiger partial charge on any atom is -0.338 e. The lowest BCUT2D eigenvalue weighted by Gasteiger charge is -2.31. The van der Waals surface area contributed by atoms with Crippen molar-refractivity contribution in [1.82, 2.24) is 15.5 Å². The minimum atomic E-state index is -0.430. The molecule has 2 fully saturated rings. The predicted octanol–water partition coefficient (Wildman–Crippen LogP) is -1.39. The summed E-state index contributed by atoms with van der Waals surface area (Å²) in [6.07, 6.45) is 2.06. The van der Waals surface area contributed by atoms with Crippen molar-refractivity contribution in [3.8, 4) is 0 Å². The van der Waals surface area contributed by atoms with Crippen LogP contribution < -0.4 is 15.5 Å². The number of hydrogen-bond acceptors (Lipinski definition) is 3. The highest BCUT2D eigenvalue weighted by Crippen LogP contribution is 2.30. The van der Waals surface area contributed by atoms with E-state index in [-0.39, 0.29) is 24.3 Å². The first-order chi connectivity index (χ1) is 10.5. The second-order valence-corrected chi connectivity index (χ2v) is 6.68. The molecular formula is C15H27N4O3+. The van der Waals surface area contributed by atoms with Crippen LogP contribution in [0.1, 0.15) is 26.7 Å². The van der Waals surface area contributed by atoms with E-state index in [2.05, 4.69) is 10.6 Å². The number of amides is 4. The Bertz CT molecular complexity index is 427. The van der Waals surface area contributed by atoms with Crippen LogP contribution in [0.15, 0.2) is 0 Å². The summed E-state index contributed by atoms with van der Waals surface area (Å²) in [7, 11) is 0. The van der Waals surface area contributed by atoms with Gasteiger partial charge in [-0.1, -0.05) is 13.8 Å². The van der Waals surface area contributed by atoms with E-state index >= 15 is 0 Å². The molecule has 0 atom stereocenters. The Morgan fingerprint density at radius 1 is 1.18 bits per heavy atom. The molecule has 7 heteroatoms. The second-order valence-electron chi connectivity index (χ2n) is 6.68. The zero-order valence-electron chi connectivity index (χ0n) is 13.5. The Labute approximate surface area is 131 Å². The molecule has 0 aromatic carbocycles. The number of carbonyl (C=O) groups excluding carboxylic acids is 3. The average molecular weight is 311 g/mol. The van der Waals surface area contributed by atoms with Crippen LogP contribution in [-0.2, 0) is 9.59 Å². The van der Waals surface area contributed by atoms with Gasteiger partial charge in [0.15, 0.2) is 6.54 Å². The van der Waals surface area contributed by atoms with Gasteiger partial charge in [0, 0.05) is 12.5 Å². The summed E-state index contributed by atoms with van der Waals surface area (Å²) in [6.45, 7) is 7.76. The molecule has 1 aliphatic heterocycles. The van der Waals surface area contributed by atoms with Crippen molar-refractivity contribution < 1.29 is 19.3 Å². The minimum absolute atomic E-state index is 0.259. The number of rotatable bonds is 5. The number of urea groups is 1. The number of quaternary nitrogens is 1. The summed E-state index contributed by atoms with van der Waals surface area (Å²) in [5, 5.41) is 5.01. The lowest BCUT2D eigenvalue weighted by Crippen LogP contribution is -3.16. The molecule has 7 nitrogen and oxygen atoms in total. The molecule has 4 amide bonds. The molecule has 0 unspecified atom stereocenters. The van der Waals surface area contributed by atoms with E-state index in [1.807, 2.05) is 18.7 Å². The zero-order chi connectivity index (χ0) is 16.1. The molecule has 1 heterocycles. The molecule has 1 saturated heterocycles. The summed E-state index contributed by atoms with van der Waals surface area (Å²) in [4.78, 5) is 38.3. The van der Waals surface area contributed by atoms with Crippen LogP contribution in [0.4, 0.5) is 4.79 Å². The van der Waals surface area contributed by atoms with Gasteiger partial charge < -0.3 is 15.1 Å². The van der Waals surface area contributed by atoms with Crippen LogP contribution in [0.3, 0.4) is 0 Å². The van der Waals surface area contributed by atoms with Crippen LogP contribution in [0.2, 0.25) is 0 Å². The van der Waals surface area contributed by atoms with Gasteiger partial charge in [0.2, 0.25) is 5.91 Å². The molecule has 0 aromatic heterocycles. The normalized spacial score (nSPS) is 19.1. The molecule has 0 spiro atoms. The first-order valence-corrected chi connectivity index (χ1v) is 8.15. The largest absolute Gasteiger partial charge is 0.338 e. The van der Waals surface area contributed by atoms with E-state index < -0.39 is 6.03 Å². The van der Waals surface area contributed by atoms with Crippen molar-refractivity contribution in [2.45, 2.75) is 26.7 Å². The van der Waals surface area contributed by atoms with E-state index in [1.165, 1.54) is 0 Å². The van der Waals surface area contributed by atoms with Crippen molar-refractivity contribution in [2.75, 3.05) is 39.3 Å². The van der Waals surface area contributed by atoms with Gasteiger partial charge in [-0.15, -0.1) is 0 Å². The highest BCUT2D eigenvalue weighted by molar-refractivity contribution is 5.94. The third kappa shape index (κ3) is 5.29. The monoisotopic (exact) mass is 311 g/mol. The molecule has 22 heavy (non-hydrogen) atoms. The SMILES string of the molecule is CC(C)CNC(=O)NC(=O)C[NH+]1CCN(C(=O)C2CC2)CC1. The van der Waals surface area contributed by atoms with Gasteiger partial charge in [-0.2, -0.15) is 0 Å². The topological polar surface area (TPSA) is 82.9 Å². The third-order valence-corrected chi connectivity index (χ3v) is 4.04. The molecule has 1 aliphatic carbocycles. The van der Waals surface area contributed by atoms with Crippen LogP contribution in [0.25, 0.3) is 0 Å². The predicted molar refractivity (Wildman–Crippen MR) is 81.2 cm³/mol. The molecule has 2 rings (SSSR count). The van der Waals surface area contributed by atoms with Crippen LogP contribution >= 0.6 is 0 Å². The maximum Gasteiger partial charge on any atom is 0.321 e. The van der Waals surface area contributed by atoms with Gasteiger partial charge in [-0.05, 0) is 18.8 Å². The Morgan fingerprint density at radius 3 is 2.36 bits per heavy atom. The Balaban J connectivity index is 1.63. The smallest absolute Gasteiger partial charge is 0.321 e. The second kappa shape index (κ2) is 7.58. The number of nitrogens with zero attached hydrogens (tertiary/aromatic N) is 1. The molecule has 124 valence electrons. The van der Waals surface area contributed by atoms with Crippen LogP contribution in [0.5, 0.6) is 0 Å². The lowest BCUT2D eigenvalue weighted by molar-refractivity contribution is -0.896. The Morgan fingerprint density at radius 2 is 1.82 bits per heavy atom. The van der Waals surface area contributed by atoms with Gasteiger partial charge in [0.05, 0.1) is 26.2 Å². The molecule has 0 radical (unpaired) electrons. The van der Waals surface area contributed by atoms with Gasteiger partial charge in [-0.3, -0.25) is 14.9 Å². The molecule has 2 aliphatic rings. The van der Waals surface area contributed by atoms with Gasteiger partial charge >= 0.3 is 6.03 Å². The maximum atomic E-state index is 11.9. The highest BCUT2D eigenvalue weighted by atomic mass is 16.2. The Hall–Kier alpha value is -1.63. The van der Waals surface area contributed by atoms with E-state index in [0.29, 0.717) is 25.6 Å².